The van der Waals surface area contributed by atoms with Gasteiger partial charge in [0.2, 0.25) is 5.91 Å². The Morgan fingerprint density at radius 3 is 2.57 bits per heavy atom. The van der Waals surface area contributed by atoms with Crippen LogP contribution in [0.25, 0.3) is 27.7 Å². The van der Waals surface area contributed by atoms with Crippen molar-refractivity contribution in [3.8, 4) is 16.8 Å². The molecule has 4 aromatic rings. The molecule has 0 N–H and O–H groups in total. The van der Waals surface area contributed by atoms with Gasteiger partial charge in [-0.25, -0.2) is 9.18 Å². The molecule has 216 valence electrons. The first-order valence-corrected chi connectivity index (χ1v) is 14.5. The predicted octanol–water partition coefficient (Wildman–Crippen LogP) is 5.04. The van der Waals surface area contributed by atoms with Crippen LogP contribution < -0.4 is 10.6 Å². The number of amides is 1. The summed E-state index contributed by atoms with van der Waals surface area (Å²) in [6, 6.07) is 5.25. The van der Waals surface area contributed by atoms with Crippen molar-refractivity contribution < 1.29 is 9.18 Å². The van der Waals surface area contributed by atoms with Crippen molar-refractivity contribution in [2.24, 2.45) is 0 Å². The number of pyridine rings is 2. The van der Waals surface area contributed by atoms with Gasteiger partial charge in [0, 0.05) is 49.0 Å². The summed E-state index contributed by atoms with van der Waals surface area (Å²) in [4.78, 5) is 44.4. The number of carbonyl (C=O) groups excluding carboxylic acids is 1. The van der Waals surface area contributed by atoms with Crippen molar-refractivity contribution >= 4 is 22.6 Å². The number of nitrogens with zero attached hydrogens (tertiary/aromatic N) is 6. The summed E-state index contributed by atoms with van der Waals surface area (Å²) < 4.78 is 17.1. The number of piperazine rings is 1. The maximum atomic E-state index is 15.4. The number of rotatable bonds is 4. The monoisotopic (exact) mass is 566 g/mol. The number of carbonyl (C=O) groups is 1. The molecule has 8 nitrogen and oxygen atoms in total. The third kappa shape index (κ3) is 4.30. The first-order chi connectivity index (χ1) is 20.1. The van der Waals surface area contributed by atoms with Gasteiger partial charge in [0.1, 0.15) is 11.6 Å². The lowest BCUT2D eigenvalue weighted by Gasteiger charge is -2.41. The van der Waals surface area contributed by atoms with Gasteiger partial charge in [-0.3, -0.25) is 19.3 Å². The Balaban J connectivity index is 1.70. The summed E-state index contributed by atoms with van der Waals surface area (Å²) in [7, 11) is 0. The molecule has 1 aromatic carbocycles. The van der Waals surface area contributed by atoms with E-state index in [9.17, 15) is 9.59 Å². The van der Waals surface area contributed by atoms with Crippen LogP contribution in [0.3, 0.4) is 0 Å². The Bertz CT molecular complexity index is 1830. The van der Waals surface area contributed by atoms with E-state index >= 15 is 4.39 Å². The first kappa shape index (κ1) is 27.8. The van der Waals surface area contributed by atoms with Gasteiger partial charge < -0.3 is 9.80 Å². The van der Waals surface area contributed by atoms with Gasteiger partial charge in [-0.2, -0.15) is 4.98 Å². The summed E-state index contributed by atoms with van der Waals surface area (Å²) in [5.41, 5.74) is 6.60. The molecular formula is C33H35FN6O2. The topological polar surface area (TPSA) is 84.2 Å². The molecule has 1 saturated heterocycles. The molecule has 1 amide bonds. The molecule has 2 aliphatic rings. The van der Waals surface area contributed by atoms with Crippen LogP contribution in [0.1, 0.15) is 54.8 Å². The molecule has 0 saturated carbocycles. The number of hydrogen-bond acceptors (Lipinski definition) is 6. The Labute approximate surface area is 244 Å². The molecule has 0 unspecified atom stereocenters. The third-order valence-electron chi connectivity index (χ3n) is 8.61. The van der Waals surface area contributed by atoms with Crippen molar-refractivity contribution in [1.29, 1.82) is 0 Å². The van der Waals surface area contributed by atoms with Crippen LogP contribution in [0.4, 0.5) is 10.2 Å². The highest BCUT2D eigenvalue weighted by molar-refractivity contribution is 5.99. The lowest BCUT2D eigenvalue weighted by Crippen LogP contribution is -2.54. The van der Waals surface area contributed by atoms with Crippen LogP contribution in [-0.2, 0) is 17.6 Å². The molecule has 0 radical (unpaired) electrons. The van der Waals surface area contributed by atoms with E-state index in [0.29, 0.717) is 43.9 Å². The maximum Gasteiger partial charge on any atom is 0.354 e. The highest BCUT2D eigenvalue weighted by Gasteiger charge is 2.32. The van der Waals surface area contributed by atoms with E-state index < -0.39 is 5.69 Å². The molecular weight excluding hydrogens is 531 g/mol. The van der Waals surface area contributed by atoms with Crippen molar-refractivity contribution in [3.05, 3.63) is 87.6 Å². The van der Waals surface area contributed by atoms with E-state index in [1.54, 1.807) is 15.7 Å². The number of halogens is 1. The van der Waals surface area contributed by atoms with Gasteiger partial charge in [0.05, 0.1) is 22.6 Å². The Hall–Kier alpha value is -4.40. The quantitative estimate of drug-likeness (QED) is 0.322. The van der Waals surface area contributed by atoms with Crippen LogP contribution >= 0.6 is 0 Å². The molecule has 3 aromatic heterocycles. The Kier molecular flexibility index (Phi) is 6.91. The maximum absolute atomic E-state index is 15.4. The van der Waals surface area contributed by atoms with E-state index in [1.807, 2.05) is 32.9 Å². The minimum absolute atomic E-state index is 0.0562. The molecule has 4 heterocycles. The van der Waals surface area contributed by atoms with Gasteiger partial charge in [0.15, 0.2) is 0 Å². The minimum atomic E-state index is -0.407. The summed E-state index contributed by atoms with van der Waals surface area (Å²) in [6.07, 6.45) is 5.78. The van der Waals surface area contributed by atoms with E-state index in [1.165, 1.54) is 18.3 Å². The minimum Gasteiger partial charge on any atom is -0.350 e. The molecule has 1 aliphatic carbocycles. The number of aryl methyl sites for hydroxylation is 4. The SMILES string of the molecule is C=CC(=O)N1CCN(c2nc(=O)n(-c3c(C)ccnc3C(C)C)c3c4c(c(C)cc23)-c2c(F)ccnc2CC4)[C@@H](C)C1. The smallest absolute Gasteiger partial charge is 0.350 e. The molecule has 0 spiro atoms. The summed E-state index contributed by atoms with van der Waals surface area (Å²) >= 11 is 0. The van der Waals surface area contributed by atoms with E-state index in [-0.39, 0.29) is 23.7 Å². The molecule has 1 fully saturated rings. The summed E-state index contributed by atoms with van der Waals surface area (Å²) in [5, 5.41) is 0.826. The lowest BCUT2D eigenvalue weighted by molar-refractivity contribution is -0.126. The number of fused-ring (bicyclic) bond motifs is 5. The molecule has 6 rings (SSSR count). The highest BCUT2D eigenvalue weighted by Crippen LogP contribution is 2.43. The molecule has 9 heteroatoms. The first-order valence-electron chi connectivity index (χ1n) is 14.5. The second-order valence-electron chi connectivity index (χ2n) is 11.7. The average molecular weight is 567 g/mol. The van der Waals surface area contributed by atoms with Crippen molar-refractivity contribution in [3.63, 3.8) is 0 Å². The van der Waals surface area contributed by atoms with Crippen molar-refractivity contribution in [2.45, 2.75) is 59.4 Å². The molecule has 0 bridgehead atoms. The van der Waals surface area contributed by atoms with E-state index in [0.717, 1.165) is 50.2 Å². The summed E-state index contributed by atoms with van der Waals surface area (Å²) in [6.45, 7) is 15.3. The second kappa shape index (κ2) is 10.5. The van der Waals surface area contributed by atoms with Crippen LogP contribution in [0, 0.1) is 19.7 Å². The average Bonchev–Trinajstić information content (AvgIpc) is 2.97. The standard InChI is InChI=1S/C33H35FN6O2/c1-7-26(41)38-14-15-39(21(6)17-38)32-23-16-20(5)27-22(8-9-25-28(27)24(34)11-13-35-25)31(23)40(33(42)37-32)30-19(4)10-12-36-29(30)18(2)3/h7,10-13,16,18,21H,1,8-9,14-15,17H2,2-6H3/t21-/m0/s1. The molecule has 1 atom stereocenters. The van der Waals surface area contributed by atoms with Gasteiger partial charge in [-0.1, -0.05) is 20.4 Å². The zero-order valence-electron chi connectivity index (χ0n) is 24.7. The number of anilines is 1. The largest absolute Gasteiger partial charge is 0.354 e. The number of benzene rings is 1. The fourth-order valence-electron chi connectivity index (χ4n) is 6.68. The predicted molar refractivity (Wildman–Crippen MR) is 163 cm³/mol. The van der Waals surface area contributed by atoms with Crippen molar-refractivity contribution in [2.75, 3.05) is 24.5 Å². The second-order valence-corrected chi connectivity index (χ2v) is 11.7. The van der Waals surface area contributed by atoms with E-state index in [4.69, 9.17) is 4.98 Å². The van der Waals surface area contributed by atoms with E-state index in [2.05, 4.69) is 35.3 Å². The van der Waals surface area contributed by atoms with Crippen molar-refractivity contribution in [1.82, 2.24) is 24.4 Å². The lowest BCUT2D eigenvalue weighted by atomic mass is 9.83. The summed E-state index contributed by atoms with van der Waals surface area (Å²) in [5.74, 6) is 0.215. The van der Waals surface area contributed by atoms with Crippen LogP contribution in [-0.4, -0.2) is 56.0 Å². The zero-order chi connectivity index (χ0) is 29.9. The normalized spacial score (nSPS) is 16.5. The fraction of sp³-hybridized carbons (Fsp3) is 0.364. The zero-order valence-corrected chi connectivity index (χ0v) is 24.7. The van der Waals surface area contributed by atoms with Gasteiger partial charge in [-0.05, 0) is 86.1 Å². The Morgan fingerprint density at radius 1 is 1.10 bits per heavy atom. The van der Waals surface area contributed by atoms with Gasteiger partial charge in [0.25, 0.3) is 0 Å². The van der Waals surface area contributed by atoms with Crippen LogP contribution in [0.2, 0.25) is 0 Å². The molecule has 1 aliphatic heterocycles. The number of aromatic nitrogens is 4. The van der Waals surface area contributed by atoms with Crippen LogP contribution in [0.15, 0.2) is 48.0 Å². The highest BCUT2D eigenvalue weighted by atomic mass is 19.1. The Morgan fingerprint density at radius 2 is 1.86 bits per heavy atom. The molecule has 42 heavy (non-hydrogen) atoms. The third-order valence-corrected chi connectivity index (χ3v) is 8.61. The fourth-order valence-corrected chi connectivity index (χ4v) is 6.68. The van der Waals surface area contributed by atoms with Crippen LogP contribution in [0.5, 0.6) is 0 Å². The number of hydrogen-bond donors (Lipinski definition) is 0. The van der Waals surface area contributed by atoms with Gasteiger partial charge in [-0.15, -0.1) is 0 Å². The van der Waals surface area contributed by atoms with Gasteiger partial charge >= 0.3 is 5.69 Å².